The van der Waals surface area contributed by atoms with Crippen LogP contribution in [0.2, 0.25) is 0 Å². The summed E-state index contributed by atoms with van der Waals surface area (Å²) >= 11 is 1.50. The number of benzene rings is 1. The molecule has 4 rings (SSSR count). The largest absolute Gasteiger partial charge is 0.466 e. The highest BCUT2D eigenvalue weighted by molar-refractivity contribution is 7.98. The number of anilines is 2. The molecule has 0 amide bonds. The van der Waals surface area contributed by atoms with Crippen LogP contribution in [0.4, 0.5) is 11.6 Å². The first-order valence-corrected chi connectivity index (χ1v) is 9.86. The van der Waals surface area contributed by atoms with Gasteiger partial charge in [0.25, 0.3) is 0 Å². The molecule has 2 unspecified atom stereocenters. The SMILES string of the molecule is CCOC(=O)C1CN(Cc2ccccc2)c2nc(SC)nc3c2C1NN3. The number of carbonyl (C=O) groups excluding carboxylic acids is 1. The summed E-state index contributed by atoms with van der Waals surface area (Å²) < 4.78 is 5.32. The minimum Gasteiger partial charge on any atom is -0.466 e. The van der Waals surface area contributed by atoms with Crippen LogP contribution < -0.4 is 15.8 Å². The quantitative estimate of drug-likeness (QED) is 0.471. The smallest absolute Gasteiger partial charge is 0.312 e. The molecule has 2 aromatic rings. The first kappa shape index (κ1) is 17.1. The van der Waals surface area contributed by atoms with Crippen LogP contribution in [0.15, 0.2) is 35.5 Å². The minimum atomic E-state index is -0.316. The van der Waals surface area contributed by atoms with E-state index in [1.54, 1.807) is 0 Å². The summed E-state index contributed by atoms with van der Waals surface area (Å²) in [5.74, 6) is 1.11. The van der Waals surface area contributed by atoms with E-state index >= 15 is 0 Å². The van der Waals surface area contributed by atoms with Gasteiger partial charge in [-0.3, -0.25) is 4.79 Å². The number of hydrogen-bond donors (Lipinski definition) is 2. The fraction of sp³-hybridized carbons (Fsp3) is 0.389. The van der Waals surface area contributed by atoms with Crippen molar-refractivity contribution in [2.24, 2.45) is 5.92 Å². The molecule has 1 aromatic heterocycles. The Hall–Kier alpha value is -2.32. The maximum atomic E-state index is 12.6. The molecule has 0 aliphatic carbocycles. The van der Waals surface area contributed by atoms with Crippen LogP contribution in [0, 0.1) is 5.92 Å². The second kappa shape index (κ2) is 7.13. The van der Waals surface area contributed by atoms with Gasteiger partial charge in [0.2, 0.25) is 0 Å². The molecule has 7 nitrogen and oxygen atoms in total. The zero-order chi connectivity index (χ0) is 18.1. The molecule has 0 bridgehead atoms. The number of hydrazine groups is 1. The highest BCUT2D eigenvalue weighted by Gasteiger charge is 2.44. The molecule has 8 heteroatoms. The maximum absolute atomic E-state index is 12.6. The summed E-state index contributed by atoms with van der Waals surface area (Å²) in [6.45, 7) is 3.43. The van der Waals surface area contributed by atoms with Crippen molar-refractivity contribution < 1.29 is 9.53 Å². The normalized spacial score (nSPS) is 20.5. The average Bonchev–Trinajstić information content (AvgIpc) is 3.09. The number of ether oxygens (including phenoxy) is 1. The van der Waals surface area contributed by atoms with Gasteiger partial charge in [0.15, 0.2) is 11.0 Å². The van der Waals surface area contributed by atoms with E-state index in [1.165, 1.54) is 17.3 Å². The topological polar surface area (TPSA) is 79.4 Å². The van der Waals surface area contributed by atoms with Crippen molar-refractivity contribution in [3.63, 3.8) is 0 Å². The summed E-state index contributed by atoms with van der Waals surface area (Å²) in [4.78, 5) is 24.0. The molecule has 2 aliphatic heterocycles. The summed E-state index contributed by atoms with van der Waals surface area (Å²) in [5.41, 5.74) is 8.44. The molecular formula is C18H21N5O2S. The van der Waals surface area contributed by atoms with Gasteiger partial charge < -0.3 is 15.1 Å². The number of aromatic nitrogens is 2. The molecular weight excluding hydrogens is 350 g/mol. The first-order chi connectivity index (χ1) is 12.7. The Labute approximate surface area is 156 Å². The van der Waals surface area contributed by atoms with E-state index < -0.39 is 0 Å². The molecule has 1 aromatic carbocycles. The number of rotatable bonds is 5. The van der Waals surface area contributed by atoms with Crippen LogP contribution in [0.25, 0.3) is 0 Å². The molecule has 0 saturated carbocycles. The van der Waals surface area contributed by atoms with Crippen molar-refractivity contribution in [1.82, 2.24) is 15.4 Å². The second-order valence-electron chi connectivity index (χ2n) is 6.27. The lowest BCUT2D eigenvalue weighted by Gasteiger charge is -2.36. The molecule has 2 aliphatic rings. The fourth-order valence-electron chi connectivity index (χ4n) is 3.50. The zero-order valence-corrected chi connectivity index (χ0v) is 15.5. The van der Waals surface area contributed by atoms with Gasteiger partial charge in [-0.1, -0.05) is 42.1 Å². The summed E-state index contributed by atoms with van der Waals surface area (Å²) in [5, 5.41) is 0.710. The van der Waals surface area contributed by atoms with Gasteiger partial charge >= 0.3 is 5.97 Å². The zero-order valence-electron chi connectivity index (χ0n) is 14.7. The lowest BCUT2D eigenvalue weighted by atomic mass is 9.90. The molecule has 136 valence electrons. The van der Waals surface area contributed by atoms with E-state index in [9.17, 15) is 4.79 Å². The molecule has 0 radical (unpaired) electrons. The summed E-state index contributed by atoms with van der Waals surface area (Å²) in [6.07, 6.45) is 1.96. The minimum absolute atomic E-state index is 0.179. The molecule has 0 fully saturated rings. The van der Waals surface area contributed by atoms with Gasteiger partial charge in [0.05, 0.1) is 24.1 Å². The number of carbonyl (C=O) groups is 1. The Morgan fingerprint density at radius 2 is 2.15 bits per heavy atom. The summed E-state index contributed by atoms with van der Waals surface area (Å²) in [6, 6.07) is 10.0. The van der Waals surface area contributed by atoms with Crippen LogP contribution in [-0.2, 0) is 16.1 Å². The Balaban J connectivity index is 1.75. The van der Waals surface area contributed by atoms with Gasteiger partial charge in [-0.2, -0.15) is 0 Å². The van der Waals surface area contributed by atoms with E-state index in [-0.39, 0.29) is 17.9 Å². The number of esters is 1. The third-order valence-corrected chi connectivity index (χ3v) is 5.22. The standard InChI is InChI=1S/C18H21N5O2S/c1-3-25-17(24)12-10-23(9-11-7-5-4-6-8-11)16-13-14(12)21-22-15(13)19-18(20-16)26-2/h4-8,12,14,21H,3,9-10H2,1-2H3,(H,19,20,22). The number of hydrogen-bond acceptors (Lipinski definition) is 8. The van der Waals surface area contributed by atoms with Crippen molar-refractivity contribution >= 4 is 29.4 Å². The van der Waals surface area contributed by atoms with E-state index in [1.807, 2.05) is 31.4 Å². The predicted octanol–water partition coefficient (Wildman–Crippen LogP) is 2.37. The van der Waals surface area contributed by atoms with Gasteiger partial charge in [-0.05, 0) is 18.7 Å². The Morgan fingerprint density at radius 1 is 1.35 bits per heavy atom. The lowest BCUT2D eigenvalue weighted by Crippen LogP contribution is -2.45. The van der Waals surface area contributed by atoms with Crippen molar-refractivity contribution in [2.75, 3.05) is 29.7 Å². The van der Waals surface area contributed by atoms with Gasteiger partial charge in [-0.25, -0.2) is 15.4 Å². The molecule has 0 saturated heterocycles. The predicted molar refractivity (Wildman–Crippen MR) is 101 cm³/mol. The van der Waals surface area contributed by atoms with Crippen LogP contribution in [0.3, 0.4) is 0 Å². The Kier molecular flexibility index (Phi) is 4.69. The molecule has 0 spiro atoms. The van der Waals surface area contributed by atoms with Gasteiger partial charge in [0, 0.05) is 13.1 Å². The number of thioether (sulfide) groups is 1. The Morgan fingerprint density at radius 3 is 2.88 bits per heavy atom. The third-order valence-electron chi connectivity index (χ3n) is 4.67. The average molecular weight is 371 g/mol. The van der Waals surface area contributed by atoms with Crippen molar-refractivity contribution in [2.45, 2.75) is 24.7 Å². The van der Waals surface area contributed by atoms with E-state index in [0.717, 1.165) is 17.2 Å². The fourth-order valence-corrected chi connectivity index (χ4v) is 3.86. The highest BCUT2D eigenvalue weighted by atomic mass is 32.2. The molecule has 2 atom stereocenters. The lowest BCUT2D eigenvalue weighted by molar-refractivity contribution is -0.148. The molecule has 3 heterocycles. The van der Waals surface area contributed by atoms with Gasteiger partial charge in [-0.15, -0.1) is 0 Å². The third kappa shape index (κ3) is 2.99. The first-order valence-electron chi connectivity index (χ1n) is 8.64. The monoisotopic (exact) mass is 371 g/mol. The van der Waals surface area contributed by atoms with Crippen LogP contribution in [-0.4, -0.2) is 35.3 Å². The maximum Gasteiger partial charge on any atom is 0.312 e. The summed E-state index contributed by atoms with van der Waals surface area (Å²) in [7, 11) is 0. The van der Waals surface area contributed by atoms with Gasteiger partial charge in [0.1, 0.15) is 5.82 Å². The Bertz CT molecular complexity index is 817. The van der Waals surface area contributed by atoms with E-state index in [2.05, 4.69) is 32.9 Å². The second-order valence-corrected chi connectivity index (χ2v) is 7.04. The van der Waals surface area contributed by atoms with Crippen LogP contribution >= 0.6 is 11.8 Å². The van der Waals surface area contributed by atoms with Crippen LogP contribution in [0.5, 0.6) is 0 Å². The van der Waals surface area contributed by atoms with E-state index in [0.29, 0.717) is 24.9 Å². The van der Waals surface area contributed by atoms with Crippen LogP contribution in [0.1, 0.15) is 24.1 Å². The van der Waals surface area contributed by atoms with Crippen molar-refractivity contribution in [3.05, 3.63) is 41.5 Å². The van der Waals surface area contributed by atoms with Crippen molar-refractivity contribution in [1.29, 1.82) is 0 Å². The highest BCUT2D eigenvalue weighted by Crippen LogP contribution is 2.44. The molecule has 2 N–H and O–H groups in total. The molecule has 26 heavy (non-hydrogen) atoms. The van der Waals surface area contributed by atoms with E-state index in [4.69, 9.17) is 9.72 Å². The number of nitrogens with zero attached hydrogens (tertiary/aromatic N) is 3. The van der Waals surface area contributed by atoms with Crippen molar-refractivity contribution in [3.8, 4) is 0 Å². The number of nitrogens with one attached hydrogen (secondary N) is 2.